The molecule has 0 amide bonds. The van der Waals surface area contributed by atoms with Crippen molar-refractivity contribution in [2.24, 2.45) is 0 Å². The summed E-state index contributed by atoms with van der Waals surface area (Å²) in [6.45, 7) is 7.45. The van der Waals surface area contributed by atoms with Gasteiger partial charge in [-0.25, -0.2) is 4.79 Å². The van der Waals surface area contributed by atoms with E-state index in [-0.39, 0.29) is 17.8 Å². The molecular weight excluding hydrogens is 416 g/mol. The highest BCUT2D eigenvalue weighted by Gasteiger charge is 2.36. The number of fused-ring (bicyclic) bond motifs is 2. The Balaban J connectivity index is 1.33. The van der Waals surface area contributed by atoms with E-state index in [0.29, 0.717) is 17.7 Å². The largest absolute Gasteiger partial charge is 0.422 e. The standard InChI is InChI=1S/C26H28N4O3/c1-16-12-30-13-19(10-22(30)17(2)27-16)21-9-18-5-6-20(11-25(18)33-26(21)32)29-14-23(24(31)15-29)28-7-3-4-8-28/h5-6,9-13,23-24,31H,3-4,7-8,14-15H2,1-2H3/t23-,24-/m1/s1. The van der Waals surface area contributed by atoms with Crippen LogP contribution in [0.25, 0.3) is 27.6 Å². The van der Waals surface area contributed by atoms with Gasteiger partial charge in [-0.05, 0) is 64.0 Å². The molecule has 2 saturated heterocycles. The van der Waals surface area contributed by atoms with Crippen LogP contribution in [-0.4, -0.2) is 57.7 Å². The van der Waals surface area contributed by atoms with Gasteiger partial charge in [-0.15, -0.1) is 0 Å². The van der Waals surface area contributed by atoms with Gasteiger partial charge >= 0.3 is 5.63 Å². The van der Waals surface area contributed by atoms with Gasteiger partial charge < -0.3 is 18.8 Å². The number of anilines is 1. The highest BCUT2D eigenvalue weighted by atomic mass is 16.4. The van der Waals surface area contributed by atoms with Gasteiger partial charge in [0.15, 0.2) is 0 Å². The van der Waals surface area contributed by atoms with E-state index in [1.165, 1.54) is 12.8 Å². The SMILES string of the molecule is Cc1cn2cc(-c3cc4ccc(N5C[C@@H](O)[C@H](N6CCCC6)C5)cc4oc3=O)cc2c(C)n1. The van der Waals surface area contributed by atoms with Gasteiger partial charge in [0.25, 0.3) is 0 Å². The molecule has 4 aromatic rings. The first-order valence-corrected chi connectivity index (χ1v) is 11.7. The highest BCUT2D eigenvalue weighted by Crippen LogP contribution is 2.30. The molecule has 2 fully saturated rings. The summed E-state index contributed by atoms with van der Waals surface area (Å²) in [5.41, 5.74) is 5.39. The van der Waals surface area contributed by atoms with Crippen LogP contribution in [0.1, 0.15) is 24.2 Å². The number of aliphatic hydroxyl groups excluding tert-OH is 1. The molecule has 1 aromatic carbocycles. The summed E-state index contributed by atoms with van der Waals surface area (Å²) in [7, 11) is 0. The fraction of sp³-hybridized carbons (Fsp3) is 0.385. The van der Waals surface area contributed by atoms with E-state index in [1.54, 1.807) is 0 Å². The van der Waals surface area contributed by atoms with Gasteiger partial charge in [0.1, 0.15) is 5.58 Å². The molecular formula is C26H28N4O3. The normalized spacial score (nSPS) is 21.6. The van der Waals surface area contributed by atoms with Crippen LogP contribution in [0.5, 0.6) is 0 Å². The zero-order valence-electron chi connectivity index (χ0n) is 19.0. The van der Waals surface area contributed by atoms with Crippen LogP contribution in [0.2, 0.25) is 0 Å². The highest BCUT2D eigenvalue weighted by molar-refractivity contribution is 5.85. The van der Waals surface area contributed by atoms with E-state index in [4.69, 9.17) is 4.42 Å². The number of hydrogen-bond donors (Lipinski definition) is 1. The van der Waals surface area contributed by atoms with Gasteiger partial charge in [0, 0.05) is 48.2 Å². The van der Waals surface area contributed by atoms with Crippen molar-refractivity contribution in [2.45, 2.75) is 38.8 Å². The Morgan fingerprint density at radius 2 is 1.88 bits per heavy atom. The molecule has 33 heavy (non-hydrogen) atoms. The minimum Gasteiger partial charge on any atom is -0.422 e. The first-order chi connectivity index (χ1) is 16.0. The zero-order chi connectivity index (χ0) is 22.7. The molecule has 0 saturated carbocycles. The maximum absolute atomic E-state index is 12.9. The predicted molar refractivity (Wildman–Crippen MR) is 129 cm³/mol. The van der Waals surface area contributed by atoms with Crippen molar-refractivity contribution in [3.63, 3.8) is 0 Å². The fourth-order valence-corrected chi connectivity index (χ4v) is 5.49. The Labute approximate surface area is 191 Å². The average Bonchev–Trinajstić information content (AvgIpc) is 3.52. The van der Waals surface area contributed by atoms with Gasteiger partial charge in [0.05, 0.1) is 34.6 Å². The average molecular weight is 445 g/mol. The molecule has 1 N–H and O–H groups in total. The van der Waals surface area contributed by atoms with Crippen LogP contribution in [0.3, 0.4) is 0 Å². The number of aromatic nitrogens is 2. The Hall–Kier alpha value is -3.16. The summed E-state index contributed by atoms with van der Waals surface area (Å²) in [5.74, 6) is 0. The summed E-state index contributed by atoms with van der Waals surface area (Å²) in [5, 5.41) is 11.5. The molecule has 0 bridgehead atoms. The van der Waals surface area contributed by atoms with Gasteiger partial charge in [-0.2, -0.15) is 0 Å². The van der Waals surface area contributed by atoms with E-state index < -0.39 is 0 Å². The van der Waals surface area contributed by atoms with Crippen molar-refractivity contribution in [2.75, 3.05) is 31.1 Å². The van der Waals surface area contributed by atoms with Crippen LogP contribution < -0.4 is 10.5 Å². The van der Waals surface area contributed by atoms with E-state index in [0.717, 1.165) is 53.2 Å². The van der Waals surface area contributed by atoms with Crippen LogP contribution in [0.4, 0.5) is 5.69 Å². The fourth-order valence-electron chi connectivity index (χ4n) is 5.49. The third kappa shape index (κ3) is 3.52. The zero-order valence-corrected chi connectivity index (χ0v) is 19.0. The number of hydrogen-bond acceptors (Lipinski definition) is 6. The number of benzene rings is 1. The first kappa shape index (κ1) is 20.4. The molecule has 2 aliphatic rings. The van der Waals surface area contributed by atoms with Crippen molar-refractivity contribution >= 4 is 22.2 Å². The molecule has 0 unspecified atom stereocenters. The summed E-state index contributed by atoms with van der Waals surface area (Å²) in [4.78, 5) is 22.0. The third-order valence-electron chi connectivity index (χ3n) is 7.15. The van der Waals surface area contributed by atoms with Crippen LogP contribution in [0.15, 0.2) is 51.9 Å². The lowest BCUT2D eigenvalue weighted by atomic mass is 10.1. The molecule has 6 rings (SSSR count). The monoisotopic (exact) mass is 444 g/mol. The molecule has 0 spiro atoms. The number of likely N-dealkylation sites (tertiary alicyclic amines) is 1. The molecule has 7 heteroatoms. The number of aryl methyl sites for hydroxylation is 2. The Morgan fingerprint density at radius 3 is 2.70 bits per heavy atom. The van der Waals surface area contributed by atoms with Crippen LogP contribution >= 0.6 is 0 Å². The molecule has 0 radical (unpaired) electrons. The number of rotatable bonds is 3. The topological polar surface area (TPSA) is 74.2 Å². The van der Waals surface area contributed by atoms with Crippen molar-refractivity contribution in [3.8, 4) is 11.1 Å². The minimum absolute atomic E-state index is 0.170. The maximum atomic E-state index is 12.9. The Morgan fingerprint density at radius 1 is 1.06 bits per heavy atom. The number of nitrogens with zero attached hydrogens (tertiary/aromatic N) is 4. The van der Waals surface area contributed by atoms with E-state index in [9.17, 15) is 9.90 Å². The van der Waals surface area contributed by atoms with Crippen LogP contribution in [-0.2, 0) is 0 Å². The quantitative estimate of drug-likeness (QED) is 0.489. The van der Waals surface area contributed by atoms with Crippen molar-refractivity contribution in [1.82, 2.24) is 14.3 Å². The molecule has 2 aliphatic heterocycles. The lowest BCUT2D eigenvalue weighted by Crippen LogP contribution is -2.41. The lowest BCUT2D eigenvalue weighted by Gasteiger charge is -2.25. The third-order valence-corrected chi connectivity index (χ3v) is 7.15. The van der Waals surface area contributed by atoms with Crippen molar-refractivity contribution < 1.29 is 9.52 Å². The summed E-state index contributed by atoms with van der Waals surface area (Å²) in [6.07, 6.45) is 5.96. The summed E-state index contributed by atoms with van der Waals surface area (Å²) in [6, 6.07) is 10.0. The predicted octanol–water partition coefficient (Wildman–Crippen LogP) is 3.37. The second kappa shape index (κ2) is 7.71. The lowest BCUT2D eigenvalue weighted by molar-refractivity contribution is 0.0986. The Bertz CT molecular complexity index is 1420. The van der Waals surface area contributed by atoms with Gasteiger partial charge in [-0.1, -0.05) is 0 Å². The second-order valence-corrected chi connectivity index (χ2v) is 9.44. The second-order valence-electron chi connectivity index (χ2n) is 9.44. The van der Waals surface area contributed by atoms with E-state index in [1.807, 2.05) is 54.9 Å². The smallest absolute Gasteiger partial charge is 0.344 e. The van der Waals surface area contributed by atoms with E-state index in [2.05, 4.69) is 20.9 Å². The van der Waals surface area contributed by atoms with Gasteiger partial charge in [-0.3, -0.25) is 9.88 Å². The number of aliphatic hydroxyl groups is 1. The summed E-state index contributed by atoms with van der Waals surface area (Å²) >= 11 is 0. The molecule has 170 valence electrons. The molecule has 3 aromatic heterocycles. The number of β-amino-alcohol motifs (C(OH)–C–C–N with tert-alkyl or cyclic N) is 1. The van der Waals surface area contributed by atoms with Crippen LogP contribution in [0, 0.1) is 13.8 Å². The van der Waals surface area contributed by atoms with E-state index >= 15 is 0 Å². The van der Waals surface area contributed by atoms with Crippen molar-refractivity contribution in [1.29, 1.82) is 0 Å². The maximum Gasteiger partial charge on any atom is 0.344 e. The van der Waals surface area contributed by atoms with Gasteiger partial charge in [0.2, 0.25) is 0 Å². The molecule has 5 heterocycles. The summed E-state index contributed by atoms with van der Waals surface area (Å²) < 4.78 is 7.78. The first-order valence-electron chi connectivity index (χ1n) is 11.7. The Kier molecular flexibility index (Phi) is 4.78. The molecule has 2 atom stereocenters. The minimum atomic E-state index is -0.362. The molecule has 0 aliphatic carbocycles. The van der Waals surface area contributed by atoms with Crippen molar-refractivity contribution in [3.05, 3.63) is 64.5 Å². The molecule has 7 nitrogen and oxygen atoms in total.